The van der Waals surface area contributed by atoms with Gasteiger partial charge in [-0.1, -0.05) is 133 Å². The molecule has 1 unspecified atom stereocenters. The summed E-state index contributed by atoms with van der Waals surface area (Å²) in [5, 5.41) is 4.99. The Bertz CT molecular complexity index is 2120. The molecular formula is C42H33ClS. The molecule has 4 aromatic carbocycles. The maximum Gasteiger partial charge on any atom is 0.0446 e. The lowest BCUT2D eigenvalue weighted by Crippen LogP contribution is -2.30. The Balaban J connectivity index is 1.43. The Morgan fingerprint density at radius 1 is 0.591 bits per heavy atom. The third kappa shape index (κ3) is 4.85. The van der Waals surface area contributed by atoms with E-state index >= 15 is 0 Å². The Morgan fingerprint density at radius 3 is 1.93 bits per heavy atom. The molecule has 3 aliphatic carbocycles. The number of benzene rings is 4. The minimum Gasteiger partial charge on any atom is -0.134 e. The molecule has 0 radical (unpaired) electrons. The van der Waals surface area contributed by atoms with Gasteiger partial charge in [0.1, 0.15) is 0 Å². The molecule has 0 saturated heterocycles. The highest BCUT2D eigenvalue weighted by Gasteiger charge is 2.26. The fraction of sp³-hybridized carbons (Fsp3) is 0.143. The fourth-order valence-electron chi connectivity index (χ4n) is 7.07. The van der Waals surface area contributed by atoms with Crippen molar-refractivity contribution >= 4 is 56.3 Å². The number of thiophene rings is 1. The predicted molar refractivity (Wildman–Crippen MR) is 192 cm³/mol. The first-order valence-electron chi connectivity index (χ1n) is 15.7. The number of fused-ring (bicyclic) bond motifs is 3. The minimum absolute atomic E-state index is 0.364. The second-order valence-corrected chi connectivity index (χ2v) is 13.3. The highest BCUT2D eigenvalue weighted by Crippen LogP contribution is 2.47. The topological polar surface area (TPSA) is 0 Å². The molecule has 1 heterocycles. The van der Waals surface area contributed by atoms with Crippen LogP contribution in [0.1, 0.15) is 54.0 Å². The summed E-state index contributed by atoms with van der Waals surface area (Å²) in [6.45, 7) is 0. The molecule has 8 rings (SSSR count). The Hall–Kier alpha value is -4.17. The monoisotopic (exact) mass is 604 g/mol. The number of allylic oxidation sites excluding steroid dienone is 8. The van der Waals surface area contributed by atoms with Crippen LogP contribution in [0.15, 0.2) is 121 Å². The first-order chi connectivity index (χ1) is 21.8. The van der Waals surface area contributed by atoms with Crippen molar-refractivity contribution in [2.24, 2.45) is 0 Å². The van der Waals surface area contributed by atoms with E-state index in [-0.39, 0.29) is 0 Å². The second-order valence-electron chi connectivity index (χ2n) is 11.9. The first kappa shape index (κ1) is 27.4. The van der Waals surface area contributed by atoms with Gasteiger partial charge in [0.2, 0.25) is 0 Å². The van der Waals surface area contributed by atoms with Crippen molar-refractivity contribution in [3.05, 3.63) is 153 Å². The van der Waals surface area contributed by atoms with Crippen LogP contribution in [0.3, 0.4) is 0 Å². The zero-order chi connectivity index (χ0) is 29.5. The van der Waals surface area contributed by atoms with Crippen molar-refractivity contribution in [1.82, 2.24) is 0 Å². The number of hydrogen-bond acceptors (Lipinski definition) is 1. The van der Waals surface area contributed by atoms with Gasteiger partial charge in [0.25, 0.3) is 0 Å². The lowest BCUT2D eigenvalue weighted by molar-refractivity contribution is 0.857. The third-order valence-corrected chi connectivity index (χ3v) is 10.7. The van der Waals surface area contributed by atoms with Crippen molar-refractivity contribution in [1.29, 1.82) is 0 Å². The van der Waals surface area contributed by atoms with E-state index in [0.717, 1.165) is 37.1 Å². The molecule has 3 aliphatic rings. The van der Waals surface area contributed by atoms with Crippen LogP contribution in [0.4, 0.5) is 0 Å². The molecule has 0 aliphatic heterocycles. The quantitative estimate of drug-likeness (QED) is 0.187. The maximum atomic E-state index is 6.20. The molecule has 0 fully saturated rings. The maximum absolute atomic E-state index is 6.20. The van der Waals surface area contributed by atoms with Gasteiger partial charge >= 0.3 is 0 Å². The second kappa shape index (κ2) is 11.7. The SMILES string of the molecule is Clc1ccc(C2C=CC(c3sc4c(-c5ccccc5)c(-c5ccccc5)c5c(c4c3C3=CCCC=C3)=CCCC=5)=CC2)cc1. The average molecular weight is 605 g/mol. The van der Waals surface area contributed by atoms with E-state index in [4.69, 9.17) is 11.6 Å². The molecule has 0 N–H and O–H groups in total. The van der Waals surface area contributed by atoms with E-state index < -0.39 is 0 Å². The molecule has 1 aromatic heterocycles. The number of halogens is 1. The summed E-state index contributed by atoms with van der Waals surface area (Å²) >= 11 is 8.18. The molecular weight excluding hydrogens is 572 g/mol. The third-order valence-electron chi connectivity index (χ3n) is 9.15. The molecule has 5 aromatic rings. The van der Waals surface area contributed by atoms with Crippen LogP contribution >= 0.6 is 22.9 Å². The summed E-state index contributed by atoms with van der Waals surface area (Å²) in [6.07, 6.45) is 24.7. The molecule has 0 amide bonds. The predicted octanol–water partition coefficient (Wildman–Crippen LogP) is 11.1. The highest BCUT2D eigenvalue weighted by atomic mass is 35.5. The van der Waals surface area contributed by atoms with E-state index in [1.54, 1.807) is 0 Å². The van der Waals surface area contributed by atoms with Crippen molar-refractivity contribution in [3.63, 3.8) is 0 Å². The summed E-state index contributed by atoms with van der Waals surface area (Å²) in [7, 11) is 0. The summed E-state index contributed by atoms with van der Waals surface area (Å²) < 4.78 is 1.39. The normalized spacial score (nSPS) is 17.4. The van der Waals surface area contributed by atoms with Crippen LogP contribution in [-0.4, -0.2) is 0 Å². The van der Waals surface area contributed by atoms with Crippen LogP contribution in [0.2, 0.25) is 5.02 Å². The summed E-state index contributed by atoms with van der Waals surface area (Å²) in [4.78, 5) is 1.38. The van der Waals surface area contributed by atoms with Crippen LogP contribution in [-0.2, 0) is 0 Å². The van der Waals surface area contributed by atoms with Gasteiger partial charge in [0, 0.05) is 37.0 Å². The molecule has 0 spiro atoms. The van der Waals surface area contributed by atoms with Gasteiger partial charge in [-0.3, -0.25) is 0 Å². The standard InChI is InChI=1S/C42H33ClS/c43-34-26-24-29(25-27-34)28-20-22-33(23-21-28)41-39(32-16-8-3-9-17-32)40-36-19-11-10-18-35(36)37(30-12-4-1-5-13-30)38(42(40)44-41)31-14-6-2-7-15-31/h1-2,4-8,12-20,22-28H,3,9-11,21H2. The minimum atomic E-state index is 0.364. The van der Waals surface area contributed by atoms with Crippen molar-refractivity contribution in [2.75, 3.05) is 0 Å². The van der Waals surface area contributed by atoms with Crippen LogP contribution < -0.4 is 10.4 Å². The Kier molecular flexibility index (Phi) is 7.30. The van der Waals surface area contributed by atoms with E-state index in [9.17, 15) is 0 Å². The van der Waals surface area contributed by atoms with E-state index in [2.05, 4.69) is 121 Å². The lowest BCUT2D eigenvalue weighted by atomic mass is 9.84. The van der Waals surface area contributed by atoms with Crippen LogP contribution in [0.25, 0.3) is 55.6 Å². The van der Waals surface area contributed by atoms with Gasteiger partial charge < -0.3 is 0 Å². The highest BCUT2D eigenvalue weighted by molar-refractivity contribution is 7.21. The Morgan fingerprint density at radius 2 is 1.27 bits per heavy atom. The van der Waals surface area contributed by atoms with Gasteiger partial charge in [-0.05, 0) is 88.1 Å². The average Bonchev–Trinajstić information content (AvgIpc) is 3.50. The Labute approximate surface area is 268 Å². The molecule has 44 heavy (non-hydrogen) atoms. The van der Waals surface area contributed by atoms with Crippen LogP contribution in [0.5, 0.6) is 0 Å². The molecule has 0 saturated carbocycles. The van der Waals surface area contributed by atoms with E-state index in [0.29, 0.717) is 5.92 Å². The van der Waals surface area contributed by atoms with E-state index in [1.807, 2.05) is 23.5 Å². The smallest absolute Gasteiger partial charge is 0.0446 e. The zero-order valence-electron chi connectivity index (χ0n) is 24.6. The van der Waals surface area contributed by atoms with Gasteiger partial charge in [-0.15, -0.1) is 11.3 Å². The zero-order valence-corrected chi connectivity index (χ0v) is 26.2. The van der Waals surface area contributed by atoms with Gasteiger partial charge in [0.15, 0.2) is 0 Å². The molecule has 0 bridgehead atoms. The van der Waals surface area contributed by atoms with Crippen LogP contribution in [0, 0.1) is 0 Å². The van der Waals surface area contributed by atoms with Crippen molar-refractivity contribution < 1.29 is 0 Å². The molecule has 0 nitrogen and oxygen atoms in total. The van der Waals surface area contributed by atoms with Gasteiger partial charge in [-0.25, -0.2) is 0 Å². The molecule has 214 valence electrons. The summed E-state index contributed by atoms with van der Waals surface area (Å²) in [6, 6.07) is 30.4. The molecule has 1 atom stereocenters. The molecule has 2 heteroatoms. The van der Waals surface area contributed by atoms with E-state index in [1.165, 1.54) is 69.9 Å². The number of hydrogen-bond donors (Lipinski definition) is 0. The van der Waals surface area contributed by atoms with Crippen molar-refractivity contribution in [2.45, 2.75) is 38.0 Å². The number of rotatable bonds is 5. The first-order valence-corrected chi connectivity index (χ1v) is 16.9. The van der Waals surface area contributed by atoms with Crippen molar-refractivity contribution in [3.8, 4) is 22.3 Å². The largest absolute Gasteiger partial charge is 0.134 e. The fourth-order valence-corrected chi connectivity index (χ4v) is 8.63. The lowest BCUT2D eigenvalue weighted by Gasteiger charge is -2.18. The van der Waals surface area contributed by atoms with Gasteiger partial charge in [0.05, 0.1) is 0 Å². The summed E-state index contributed by atoms with van der Waals surface area (Å²) in [5.41, 5.74) is 10.7. The van der Waals surface area contributed by atoms with Gasteiger partial charge in [-0.2, -0.15) is 0 Å². The summed E-state index contributed by atoms with van der Waals surface area (Å²) in [5.74, 6) is 0.364.